The summed E-state index contributed by atoms with van der Waals surface area (Å²) in [6.07, 6.45) is 32.3. The van der Waals surface area contributed by atoms with Gasteiger partial charge in [0.15, 0.2) is 0 Å². The topological polar surface area (TPSA) is 550 Å². The standard InChI is InChI=1S/3C17H24BrN5O2.C17H24ClN5O.C16H20ClN5O.C16H22ClN5O/c3*1-9(2)17(24)22-12-7-21-16-14(12)15(10(18)6-20-16)23-5-4-13(25-3)11(19)8-23;1-10(2)6-14(24)22-13-8-21-17-15(13)16(12(18)7-20-17)23-5-3-4-11(19)9-23;17-11-6-19-15-13(14(11)22-5-1-2-10(18)8-22)12(7-20-15)21-16(23)9-3-4-9;1-9(2)16(23)21-12-7-20-15-13(12)14(11(17)6-19-15)22-5-3-4-10(18)8-22/h3*6-7,9,11,13H,4-5,8,19H2,1-3H3,(H,20,21)(H,22,24);7-8,10-11H,3-6,9,19H2,1-2H3,(H,20,21)(H,22,24);6-7,9-10H,1-5,8,18H2,(H,19,20)(H,21,23);6-7,9-10H,3-5,8,18H2,1-2H3,(H,19,20)(H,21,23)/t3*11-,13-;11-;2*10-/m100111/s1. The molecule has 0 unspecified atom stereocenters. The molecule has 0 spiro atoms. The van der Waals surface area contributed by atoms with E-state index >= 15 is 0 Å². The molecule has 7 fully saturated rings. The number of carbonyl (C=O) groups excluding carboxylic acids is 6. The highest BCUT2D eigenvalue weighted by molar-refractivity contribution is 9.11. The lowest BCUT2D eigenvalue weighted by molar-refractivity contribution is -0.119. The van der Waals surface area contributed by atoms with Crippen LogP contribution in [0.2, 0.25) is 15.1 Å². The van der Waals surface area contributed by atoms with Crippen LogP contribution in [-0.2, 0) is 43.0 Å². The molecule has 0 aromatic carbocycles. The number of aromatic nitrogens is 12. The number of nitrogens with two attached hydrogens (primary N) is 6. The predicted molar refractivity (Wildman–Crippen MR) is 593 cm³/mol. The van der Waals surface area contributed by atoms with Crippen molar-refractivity contribution in [3.8, 4) is 0 Å². The van der Waals surface area contributed by atoms with Crippen molar-refractivity contribution in [1.29, 1.82) is 0 Å². The van der Waals surface area contributed by atoms with E-state index < -0.39 is 0 Å². The van der Waals surface area contributed by atoms with Crippen LogP contribution in [0.5, 0.6) is 0 Å². The number of rotatable bonds is 22. The molecule has 0 radical (unpaired) electrons. The molecule has 1 aliphatic carbocycles. The minimum absolute atomic E-state index is 0.00725. The van der Waals surface area contributed by atoms with Gasteiger partial charge in [-0.15, -0.1) is 0 Å². The number of halogens is 6. The average molecular weight is 2250 g/mol. The molecule has 6 saturated heterocycles. The van der Waals surface area contributed by atoms with Crippen molar-refractivity contribution >= 4 is 252 Å². The lowest BCUT2D eigenvalue weighted by Gasteiger charge is -2.38. The number of nitrogens with one attached hydrogen (secondary N) is 12. The first-order valence-corrected chi connectivity index (χ1v) is 53.2. The minimum Gasteiger partial charge on any atom is -0.380 e. The van der Waals surface area contributed by atoms with E-state index in [1.54, 1.807) is 95.7 Å². The lowest BCUT2D eigenvalue weighted by atomic mass is 10.0. The second kappa shape index (κ2) is 49.7. The molecule has 39 nitrogen and oxygen atoms in total. The third-order valence-electron chi connectivity index (χ3n) is 26.9. The Morgan fingerprint density at radius 1 is 0.345 bits per heavy atom. The molecule has 19 rings (SSSR count). The molecule has 7 aliphatic rings. The van der Waals surface area contributed by atoms with Crippen molar-refractivity contribution in [2.24, 2.45) is 69.9 Å². The fourth-order valence-electron chi connectivity index (χ4n) is 19.0. The van der Waals surface area contributed by atoms with Crippen LogP contribution in [0.3, 0.4) is 0 Å². The summed E-state index contributed by atoms with van der Waals surface area (Å²) in [4.78, 5) is 131. The number of H-pyrrole nitrogens is 6. The SMILES string of the molecule is CC(C)C(=O)Nc1c[nH]c2ncc(Cl)c(N3CCC[C@@H](N)C3)c12.CC(C)CC(=O)Nc1c[nH]c2ncc(Cl)c(N3CCC[C@@H](N)C3)c12.CO[C@@H]1CCN(c2c(Br)cnc3[nH]cc(NC(=O)C(C)C)c23)C[C@H]1N.CO[C@H]1CCN(c2c(Br)cnc3[nH]cc(NC(=O)C(C)C)c23)C[C@@H]1N.CO[C@H]1CCN(c2c(Br)cnc3[nH]cc(NC(=O)C(C)C)c23)C[C@@H]1N.N[C@@H]1CCCN(c2c(Cl)cnc3[nH]cc(NC(=O)C4CC4)c23)C1. The van der Waals surface area contributed by atoms with Crippen LogP contribution in [0.1, 0.15) is 146 Å². The summed E-state index contributed by atoms with van der Waals surface area (Å²) < 4.78 is 19.0. The number of methoxy groups -OCH3 is 3. The van der Waals surface area contributed by atoms with E-state index in [-0.39, 0.29) is 120 Å². The number of aromatic amines is 6. The van der Waals surface area contributed by atoms with Crippen molar-refractivity contribution in [3.05, 3.63) is 103 Å². The Morgan fingerprint density at radius 2 is 0.586 bits per heavy atom. The van der Waals surface area contributed by atoms with Crippen molar-refractivity contribution in [3.63, 3.8) is 0 Å². The molecular formula is C100H138Br3Cl3N30O9. The Hall–Kier alpha value is -10.3. The summed E-state index contributed by atoms with van der Waals surface area (Å²) in [5, 5.41) is 24.9. The molecule has 24 N–H and O–H groups in total. The second-order valence-electron chi connectivity index (χ2n) is 39.8. The van der Waals surface area contributed by atoms with Gasteiger partial charge in [-0.2, -0.15) is 0 Å². The predicted octanol–water partition coefficient (Wildman–Crippen LogP) is 15.8. The molecule has 9 atom stereocenters. The van der Waals surface area contributed by atoms with Crippen molar-refractivity contribution in [1.82, 2.24) is 59.8 Å². The minimum atomic E-state index is -0.0982. The van der Waals surface area contributed by atoms with E-state index in [0.29, 0.717) is 64.0 Å². The third-order valence-corrected chi connectivity index (χ3v) is 29.5. The number of carbonyl (C=O) groups is 6. The normalized spacial score (nSPS) is 20.4. The highest BCUT2D eigenvalue weighted by Gasteiger charge is 2.37. The van der Waals surface area contributed by atoms with Crippen molar-refractivity contribution < 1.29 is 43.0 Å². The monoisotopic (exact) mass is 2240 g/mol. The molecule has 6 aliphatic heterocycles. The fourth-order valence-corrected chi connectivity index (χ4v) is 21.5. The number of pyridine rings is 6. The van der Waals surface area contributed by atoms with E-state index in [1.807, 2.05) is 69.2 Å². The molecule has 18 heterocycles. The Balaban J connectivity index is 0.000000138. The highest BCUT2D eigenvalue weighted by Crippen LogP contribution is 2.47. The molecule has 784 valence electrons. The van der Waals surface area contributed by atoms with Gasteiger partial charge in [-0.1, -0.05) is 104 Å². The maximum atomic E-state index is 12.2. The smallest absolute Gasteiger partial charge is 0.227 e. The Kier molecular flexibility index (Phi) is 37.8. The van der Waals surface area contributed by atoms with E-state index in [1.165, 1.54) is 0 Å². The zero-order valence-corrected chi connectivity index (χ0v) is 91.4. The number of fused-ring (bicyclic) bond motifs is 6. The Labute approximate surface area is 883 Å². The van der Waals surface area contributed by atoms with Crippen LogP contribution in [0, 0.1) is 35.5 Å². The first-order chi connectivity index (χ1) is 69.3. The Morgan fingerprint density at radius 3 is 0.821 bits per heavy atom. The maximum Gasteiger partial charge on any atom is 0.227 e. The second-order valence-corrected chi connectivity index (χ2v) is 43.6. The van der Waals surface area contributed by atoms with Crippen LogP contribution >= 0.6 is 82.6 Å². The van der Waals surface area contributed by atoms with E-state index in [9.17, 15) is 28.8 Å². The number of hydrogen-bond donors (Lipinski definition) is 18. The average Bonchev–Trinajstić information content (AvgIpc) is 1.69. The van der Waals surface area contributed by atoms with E-state index in [0.717, 1.165) is 260 Å². The summed E-state index contributed by atoms with van der Waals surface area (Å²) in [5.74, 6) is 0.0175. The lowest BCUT2D eigenvalue weighted by Crippen LogP contribution is -2.52. The van der Waals surface area contributed by atoms with Gasteiger partial charge in [-0.25, -0.2) is 29.9 Å². The number of hydrogen-bond acceptors (Lipinski definition) is 27. The molecule has 6 amide bonds. The van der Waals surface area contributed by atoms with Gasteiger partial charge in [-0.3, -0.25) is 28.8 Å². The maximum absolute atomic E-state index is 12.2. The zero-order chi connectivity index (χ0) is 104. The van der Waals surface area contributed by atoms with Gasteiger partial charge in [0.2, 0.25) is 35.4 Å². The molecule has 12 aromatic rings. The molecular weight excluding hydrogens is 2110 g/mol. The quantitative estimate of drug-likeness (QED) is 0.0300. The highest BCUT2D eigenvalue weighted by atomic mass is 79.9. The summed E-state index contributed by atoms with van der Waals surface area (Å²) in [6.45, 7) is 28.5. The number of nitrogens with zero attached hydrogens (tertiary/aromatic N) is 12. The molecule has 12 aromatic heterocycles. The number of amides is 6. The van der Waals surface area contributed by atoms with Crippen molar-refractivity contribution in [2.75, 3.05) is 161 Å². The van der Waals surface area contributed by atoms with E-state index in [2.05, 4.69) is 169 Å². The first-order valence-electron chi connectivity index (χ1n) is 49.7. The number of ether oxygens (including phenoxy) is 3. The molecule has 1 saturated carbocycles. The third kappa shape index (κ3) is 26.5. The Bertz CT molecular complexity index is 6110. The van der Waals surface area contributed by atoms with Gasteiger partial charge in [-0.05, 0) is 124 Å². The van der Waals surface area contributed by atoms with Crippen LogP contribution < -0.4 is 95.7 Å². The first kappa shape index (κ1) is 110. The van der Waals surface area contributed by atoms with Crippen LogP contribution in [0.4, 0.5) is 68.2 Å². The molecule has 45 heteroatoms. The van der Waals surface area contributed by atoms with Gasteiger partial charge in [0.25, 0.3) is 0 Å². The van der Waals surface area contributed by atoms with Crippen LogP contribution in [-0.4, -0.2) is 250 Å². The molecule has 145 heavy (non-hydrogen) atoms. The van der Waals surface area contributed by atoms with Gasteiger partial charge < -0.3 is 140 Å². The van der Waals surface area contributed by atoms with Gasteiger partial charge in [0.1, 0.15) is 33.9 Å². The van der Waals surface area contributed by atoms with Crippen LogP contribution in [0.15, 0.2) is 87.8 Å². The van der Waals surface area contributed by atoms with Gasteiger partial charge in [0.05, 0.1) is 166 Å². The largest absolute Gasteiger partial charge is 0.380 e. The summed E-state index contributed by atoms with van der Waals surface area (Å²) >= 11 is 30.2. The van der Waals surface area contributed by atoms with Gasteiger partial charge in [0, 0.05) is 228 Å². The number of piperidine rings is 6. The van der Waals surface area contributed by atoms with E-state index in [4.69, 9.17) is 83.4 Å². The summed E-state index contributed by atoms with van der Waals surface area (Å²) in [6, 6.07) is 0.211. The fraction of sp³-hybridized carbons (Fsp3) is 0.520. The van der Waals surface area contributed by atoms with Crippen LogP contribution in [0.25, 0.3) is 66.2 Å². The van der Waals surface area contributed by atoms with Gasteiger partial charge >= 0.3 is 0 Å². The van der Waals surface area contributed by atoms with Crippen molar-refractivity contribution in [2.45, 2.75) is 201 Å². The summed E-state index contributed by atoms with van der Waals surface area (Å²) in [5.41, 5.74) is 51.6. The molecule has 0 bridgehead atoms. The zero-order valence-electron chi connectivity index (χ0n) is 84.3. The summed E-state index contributed by atoms with van der Waals surface area (Å²) in [7, 11) is 5.10. The number of anilines is 12.